The number of aliphatic hydroxyl groups excluding tert-OH is 1. The number of amides is 2. The molecule has 0 aromatic heterocycles. The second kappa shape index (κ2) is 9.39. The highest BCUT2D eigenvalue weighted by molar-refractivity contribution is 5.96. The lowest BCUT2D eigenvalue weighted by molar-refractivity contribution is -0.166. The third-order valence-electron chi connectivity index (χ3n) is 6.76. The van der Waals surface area contributed by atoms with Crippen LogP contribution in [0, 0.1) is 0 Å². The first-order chi connectivity index (χ1) is 16.2. The van der Waals surface area contributed by atoms with Gasteiger partial charge in [0.05, 0.1) is 18.7 Å². The summed E-state index contributed by atoms with van der Waals surface area (Å²) >= 11 is 0. The van der Waals surface area contributed by atoms with Crippen LogP contribution >= 0.6 is 0 Å². The Hall–Kier alpha value is -2.90. The van der Waals surface area contributed by atoms with Gasteiger partial charge in [-0.25, -0.2) is 4.79 Å². The molecule has 7 nitrogen and oxygen atoms in total. The minimum atomic E-state index is -0.978. The normalized spacial score (nSPS) is 24.4. The number of nitrogens with one attached hydrogen (secondary N) is 1. The summed E-state index contributed by atoms with van der Waals surface area (Å²) in [5, 5.41) is 14.0. The Morgan fingerprint density at radius 3 is 2.21 bits per heavy atom. The van der Waals surface area contributed by atoms with E-state index >= 15 is 0 Å². The molecule has 2 heterocycles. The molecule has 182 valence electrons. The molecule has 7 heteroatoms. The Balaban J connectivity index is 1.55. The van der Waals surface area contributed by atoms with Gasteiger partial charge in [0, 0.05) is 19.6 Å². The van der Waals surface area contributed by atoms with Gasteiger partial charge in [0.1, 0.15) is 11.1 Å². The summed E-state index contributed by atoms with van der Waals surface area (Å²) in [5.41, 5.74) is -0.443. The first-order valence-corrected chi connectivity index (χ1v) is 11.9. The van der Waals surface area contributed by atoms with Crippen LogP contribution in [0.15, 0.2) is 60.7 Å². The summed E-state index contributed by atoms with van der Waals surface area (Å²) in [6.07, 6.45) is 0.479. The van der Waals surface area contributed by atoms with Gasteiger partial charge in [-0.1, -0.05) is 60.7 Å². The Morgan fingerprint density at radius 1 is 1.03 bits per heavy atom. The first-order valence-electron chi connectivity index (χ1n) is 11.9. The van der Waals surface area contributed by atoms with Crippen LogP contribution in [0.1, 0.15) is 44.7 Å². The number of carbonyl (C=O) groups is 2. The highest BCUT2D eigenvalue weighted by Crippen LogP contribution is 2.48. The summed E-state index contributed by atoms with van der Waals surface area (Å²) in [4.78, 5) is 30.4. The molecule has 34 heavy (non-hydrogen) atoms. The number of hydrogen-bond donors (Lipinski definition) is 2. The molecule has 0 aliphatic carbocycles. The molecule has 2 atom stereocenters. The average molecular weight is 466 g/mol. The molecule has 2 fully saturated rings. The van der Waals surface area contributed by atoms with Gasteiger partial charge >= 0.3 is 6.09 Å². The van der Waals surface area contributed by atoms with Crippen molar-refractivity contribution in [2.75, 3.05) is 19.7 Å². The predicted molar refractivity (Wildman–Crippen MR) is 130 cm³/mol. The van der Waals surface area contributed by atoms with E-state index in [9.17, 15) is 14.7 Å². The minimum Gasteiger partial charge on any atom is -0.444 e. The summed E-state index contributed by atoms with van der Waals surface area (Å²) in [6, 6.07) is 19.8. The van der Waals surface area contributed by atoms with Gasteiger partial charge in [0.25, 0.3) is 5.91 Å². The zero-order valence-corrected chi connectivity index (χ0v) is 20.3. The first kappa shape index (κ1) is 24.2. The largest absolute Gasteiger partial charge is 0.444 e. The topological polar surface area (TPSA) is 82.1 Å². The molecule has 2 aromatic carbocycles. The number of β-lactam (4-membered cyclic amide) rings is 1. The minimum absolute atomic E-state index is 0.0828. The Morgan fingerprint density at radius 2 is 1.65 bits per heavy atom. The zero-order valence-electron chi connectivity index (χ0n) is 20.3. The predicted octanol–water partition coefficient (Wildman–Crippen LogP) is 3.32. The molecule has 2 aliphatic heterocycles. The fourth-order valence-electron chi connectivity index (χ4n) is 5.14. The van der Waals surface area contributed by atoms with Crippen molar-refractivity contribution < 1.29 is 19.4 Å². The molecule has 4 rings (SSSR count). The fraction of sp³-hybridized carbons (Fsp3) is 0.481. The van der Waals surface area contributed by atoms with E-state index in [-0.39, 0.29) is 12.5 Å². The van der Waals surface area contributed by atoms with Gasteiger partial charge in [-0.2, -0.15) is 0 Å². The lowest BCUT2D eigenvalue weighted by Gasteiger charge is -2.54. The molecule has 0 bridgehead atoms. The van der Waals surface area contributed by atoms with Crippen LogP contribution in [0.2, 0.25) is 0 Å². The van der Waals surface area contributed by atoms with Gasteiger partial charge < -0.3 is 20.1 Å². The average Bonchev–Trinajstić information content (AvgIpc) is 3.16. The summed E-state index contributed by atoms with van der Waals surface area (Å²) < 4.78 is 5.75. The van der Waals surface area contributed by atoms with Crippen LogP contribution in [0.3, 0.4) is 0 Å². The van der Waals surface area contributed by atoms with Crippen LogP contribution < -0.4 is 5.32 Å². The number of nitrogens with zero attached hydrogens (tertiary/aromatic N) is 2. The number of carbonyl (C=O) groups excluding carboxylic acids is 2. The molecular weight excluding hydrogens is 430 g/mol. The number of ether oxygens (including phenoxy) is 1. The third kappa shape index (κ3) is 4.68. The maximum absolute atomic E-state index is 13.5. The van der Waals surface area contributed by atoms with E-state index in [0.717, 1.165) is 11.1 Å². The lowest BCUT2D eigenvalue weighted by atomic mass is 9.85. The van der Waals surface area contributed by atoms with Crippen LogP contribution in [-0.4, -0.2) is 63.3 Å². The number of rotatable bonds is 7. The molecular formula is C27H35N3O4. The van der Waals surface area contributed by atoms with Gasteiger partial charge in [0.15, 0.2) is 0 Å². The second-order valence-electron chi connectivity index (χ2n) is 10.5. The highest BCUT2D eigenvalue weighted by atomic mass is 16.6. The number of aliphatic hydroxyl groups is 1. The van der Waals surface area contributed by atoms with Crippen molar-refractivity contribution in [3.63, 3.8) is 0 Å². The van der Waals surface area contributed by atoms with E-state index in [4.69, 9.17) is 4.74 Å². The molecule has 2 saturated heterocycles. The second-order valence-corrected chi connectivity index (χ2v) is 10.5. The van der Waals surface area contributed by atoms with E-state index in [1.165, 1.54) is 0 Å². The third-order valence-corrected chi connectivity index (χ3v) is 6.76. The van der Waals surface area contributed by atoms with Crippen molar-refractivity contribution in [1.82, 2.24) is 15.1 Å². The fourth-order valence-corrected chi connectivity index (χ4v) is 5.14. The SMILES string of the molecule is CC(C)(C)OC(=O)N1C(CO)(CNCc2ccccc2)CCC12CN(Cc1ccccc1)C2=O. The molecule has 2 amide bonds. The summed E-state index contributed by atoms with van der Waals surface area (Å²) in [7, 11) is 0. The molecule has 2 unspecified atom stereocenters. The molecule has 2 aliphatic rings. The van der Waals surface area contributed by atoms with E-state index in [1.54, 1.807) is 9.80 Å². The van der Waals surface area contributed by atoms with Gasteiger partial charge in [-0.3, -0.25) is 9.69 Å². The van der Waals surface area contributed by atoms with Crippen molar-refractivity contribution in [2.45, 2.75) is 63.4 Å². The number of hydrogen-bond acceptors (Lipinski definition) is 5. The zero-order chi connectivity index (χ0) is 24.4. The number of likely N-dealkylation sites (tertiary alicyclic amines) is 2. The van der Waals surface area contributed by atoms with Crippen molar-refractivity contribution in [1.29, 1.82) is 0 Å². The standard InChI is InChI=1S/C27H35N3O4/c1-25(2,3)34-24(33)30-26(20-31,18-28-16-21-10-6-4-7-11-21)14-15-27(30)19-29(23(27)32)17-22-12-8-5-9-13-22/h4-13,28,31H,14-20H2,1-3H3. The van der Waals surface area contributed by atoms with Crippen molar-refractivity contribution in [3.05, 3.63) is 71.8 Å². The van der Waals surface area contributed by atoms with E-state index in [1.807, 2.05) is 81.4 Å². The summed E-state index contributed by atoms with van der Waals surface area (Å²) in [6.45, 7) is 7.09. The maximum atomic E-state index is 13.5. The summed E-state index contributed by atoms with van der Waals surface area (Å²) in [5.74, 6) is -0.0828. The smallest absolute Gasteiger partial charge is 0.411 e. The lowest BCUT2D eigenvalue weighted by Crippen LogP contribution is -2.76. The maximum Gasteiger partial charge on any atom is 0.411 e. The van der Waals surface area contributed by atoms with Crippen LogP contribution in [0.5, 0.6) is 0 Å². The Labute approximate surface area is 201 Å². The number of benzene rings is 2. The molecule has 0 radical (unpaired) electrons. The highest BCUT2D eigenvalue weighted by Gasteiger charge is 2.67. The van der Waals surface area contributed by atoms with Crippen LogP contribution in [0.25, 0.3) is 0 Å². The van der Waals surface area contributed by atoms with Crippen LogP contribution in [0.4, 0.5) is 4.79 Å². The Kier molecular flexibility index (Phi) is 6.69. The van der Waals surface area contributed by atoms with E-state index in [0.29, 0.717) is 39.0 Å². The van der Waals surface area contributed by atoms with Crippen molar-refractivity contribution in [3.8, 4) is 0 Å². The molecule has 0 saturated carbocycles. The van der Waals surface area contributed by atoms with Crippen LogP contribution in [-0.2, 0) is 22.6 Å². The van der Waals surface area contributed by atoms with Crippen molar-refractivity contribution >= 4 is 12.0 Å². The van der Waals surface area contributed by atoms with Gasteiger partial charge in [-0.15, -0.1) is 0 Å². The molecule has 2 aromatic rings. The Bertz CT molecular complexity index is 1010. The van der Waals surface area contributed by atoms with Crippen molar-refractivity contribution in [2.24, 2.45) is 0 Å². The van der Waals surface area contributed by atoms with E-state index in [2.05, 4.69) is 5.32 Å². The van der Waals surface area contributed by atoms with E-state index < -0.39 is 22.8 Å². The monoisotopic (exact) mass is 465 g/mol. The molecule has 2 N–H and O–H groups in total. The quantitative estimate of drug-likeness (QED) is 0.613. The molecule has 1 spiro atoms. The van der Waals surface area contributed by atoms with Gasteiger partial charge in [0.2, 0.25) is 0 Å². The van der Waals surface area contributed by atoms with Gasteiger partial charge in [-0.05, 0) is 44.7 Å².